The summed E-state index contributed by atoms with van der Waals surface area (Å²) in [6.45, 7) is 11.5. The number of hydrogen-bond acceptors (Lipinski definition) is 4. The molecule has 20 heavy (non-hydrogen) atoms. The minimum absolute atomic E-state index is 0.289. The first-order valence-corrected chi connectivity index (χ1v) is 8.06. The summed E-state index contributed by atoms with van der Waals surface area (Å²) >= 11 is 1.80. The van der Waals surface area contributed by atoms with Crippen LogP contribution in [0.4, 0.5) is 0 Å². The SMILES string of the molecule is CCCNC(Cc1nc(C)c(C)s1)c1cc(C)oc1C. The lowest BCUT2D eigenvalue weighted by atomic mass is 10.0. The topological polar surface area (TPSA) is 38.1 Å². The van der Waals surface area contributed by atoms with E-state index < -0.39 is 0 Å². The molecule has 1 unspecified atom stereocenters. The third-order valence-electron chi connectivity index (χ3n) is 3.55. The van der Waals surface area contributed by atoms with Gasteiger partial charge in [-0.25, -0.2) is 4.98 Å². The van der Waals surface area contributed by atoms with Crippen LogP contribution in [-0.4, -0.2) is 11.5 Å². The highest BCUT2D eigenvalue weighted by Gasteiger charge is 2.19. The molecule has 4 heteroatoms. The summed E-state index contributed by atoms with van der Waals surface area (Å²) in [6.07, 6.45) is 2.06. The van der Waals surface area contributed by atoms with E-state index in [1.165, 1.54) is 15.4 Å². The lowest BCUT2D eigenvalue weighted by Crippen LogP contribution is -2.24. The molecule has 0 bridgehead atoms. The first kappa shape index (κ1) is 15.3. The van der Waals surface area contributed by atoms with E-state index in [2.05, 4.69) is 37.1 Å². The number of rotatable bonds is 6. The number of nitrogens with zero attached hydrogens (tertiary/aromatic N) is 1. The zero-order valence-corrected chi connectivity index (χ0v) is 13.9. The average molecular weight is 292 g/mol. The van der Waals surface area contributed by atoms with Gasteiger partial charge in [0.1, 0.15) is 11.5 Å². The fraction of sp³-hybridized carbons (Fsp3) is 0.562. The van der Waals surface area contributed by atoms with Gasteiger partial charge in [0.25, 0.3) is 0 Å². The van der Waals surface area contributed by atoms with Gasteiger partial charge in [0.15, 0.2) is 0 Å². The van der Waals surface area contributed by atoms with Crippen LogP contribution in [-0.2, 0) is 6.42 Å². The van der Waals surface area contributed by atoms with Gasteiger partial charge in [-0.2, -0.15) is 0 Å². The largest absolute Gasteiger partial charge is 0.466 e. The van der Waals surface area contributed by atoms with Gasteiger partial charge >= 0.3 is 0 Å². The van der Waals surface area contributed by atoms with Gasteiger partial charge in [0, 0.05) is 22.9 Å². The third kappa shape index (κ3) is 3.49. The molecule has 2 aromatic heterocycles. The van der Waals surface area contributed by atoms with Gasteiger partial charge < -0.3 is 9.73 Å². The summed E-state index contributed by atoms with van der Waals surface area (Å²) in [5, 5.41) is 4.82. The molecule has 0 fully saturated rings. The molecule has 1 atom stereocenters. The molecule has 0 radical (unpaired) electrons. The monoisotopic (exact) mass is 292 g/mol. The molecule has 1 N–H and O–H groups in total. The van der Waals surface area contributed by atoms with Crippen LogP contribution in [0, 0.1) is 27.7 Å². The number of thiazole rings is 1. The predicted octanol–water partition coefficient (Wildman–Crippen LogP) is 4.25. The molecule has 0 spiro atoms. The van der Waals surface area contributed by atoms with Crippen molar-refractivity contribution in [3.05, 3.63) is 38.7 Å². The van der Waals surface area contributed by atoms with Gasteiger partial charge in [-0.05, 0) is 46.7 Å². The Morgan fingerprint density at radius 3 is 2.55 bits per heavy atom. The zero-order valence-electron chi connectivity index (χ0n) is 13.0. The van der Waals surface area contributed by atoms with Gasteiger partial charge in [-0.1, -0.05) is 6.92 Å². The maximum atomic E-state index is 5.69. The molecule has 0 aliphatic heterocycles. The quantitative estimate of drug-likeness (QED) is 0.864. The van der Waals surface area contributed by atoms with Crippen molar-refractivity contribution in [3.8, 4) is 0 Å². The number of hydrogen-bond donors (Lipinski definition) is 1. The maximum Gasteiger partial charge on any atom is 0.105 e. The van der Waals surface area contributed by atoms with Crippen molar-refractivity contribution in [2.75, 3.05) is 6.54 Å². The van der Waals surface area contributed by atoms with Crippen LogP contribution in [0.15, 0.2) is 10.5 Å². The van der Waals surface area contributed by atoms with Gasteiger partial charge in [-0.3, -0.25) is 0 Å². The lowest BCUT2D eigenvalue weighted by molar-refractivity contribution is 0.480. The molecule has 0 amide bonds. The van der Waals surface area contributed by atoms with Gasteiger partial charge in [-0.15, -0.1) is 11.3 Å². The van der Waals surface area contributed by atoms with Crippen LogP contribution in [0.5, 0.6) is 0 Å². The second-order valence-corrected chi connectivity index (χ2v) is 6.62. The second kappa shape index (κ2) is 6.55. The molecule has 0 aliphatic carbocycles. The Morgan fingerprint density at radius 1 is 1.30 bits per heavy atom. The van der Waals surface area contributed by atoms with E-state index in [9.17, 15) is 0 Å². The summed E-state index contributed by atoms with van der Waals surface area (Å²) in [5.41, 5.74) is 2.42. The van der Waals surface area contributed by atoms with Crippen molar-refractivity contribution >= 4 is 11.3 Å². The minimum atomic E-state index is 0.289. The summed E-state index contributed by atoms with van der Waals surface area (Å²) < 4.78 is 5.69. The van der Waals surface area contributed by atoms with E-state index in [0.717, 1.165) is 36.6 Å². The molecule has 0 saturated heterocycles. The smallest absolute Gasteiger partial charge is 0.105 e. The van der Waals surface area contributed by atoms with E-state index in [1.54, 1.807) is 11.3 Å². The highest BCUT2D eigenvalue weighted by Crippen LogP contribution is 2.27. The molecule has 2 aromatic rings. The normalized spacial score (nSPS) is 12.8. The summed E-state index contributed by atoms with van der Waals surface area (Å²) in [5.74, 6) is 1.99. The van der Waals surface area contributed by atoms with E-state index in [0.29, 0.717) is 0 Å². The first-order valence-electron chi connectivity index (χ1n) is 7.24. The number of aromatic nitrogens is 1. The second-order valence-electron chi connectivity index (χ2n) is 5.33. The van der Waals surface area contributed by atoms with E-state index in [1.807, 2.05) is 13.8 Å². The van der Waals surface area contributed by atoms with Crippen LogP contribution in [0.2, 0.25) is 0 Å². The molecule has 0 aromatic carbocycles. The highest BCUT2D eigenvalue weighted by molar-refractivity contribution is 7.11. The van der Waals surface area contributed by atoms with Gasteiger partial charge in [0.2, 0.25) is 0 Å². The van der Waals surface area contributed by atoms with Crippen LogP contribution in [0.3, 0.4) is 0 Å². The Morgan fingerprint density at radius 2 is 2.05 bits per heavy atom. The van der Waals surface area contributed by atoms with Crippen molar-refractivity contribution in [1.29, 1.82) is 0 Å². The van der Waals surface area contributed by atoms with Crippen molar-refractivity contribution in [2.24, 2.45) is 0 Å². The number of furan rings is 1. The van der Waals surface area contributed by atoms with Crippen molar-refractivity contribution < 1.29 is 4.42 Å². The fourth-order valence-electron chi connectivity index (χ4n) is 2.41. The van der Waals surface area contributed by atoms with Crippen LogP contribution in [0.1, 0.15) is 52.0 Å². The van der Waals surface area contributed by atoms with Gasteiger partial charge in [0.05, 0.1) is 10.7 Å². The average Bonchev–Trinajstić information content (AvgIpc) is 2.88. The molecule has 2 heterocycles. The number of nitrogens with one attached hydrogen (secondary N) is 1. The van der Waals surface area contributed by atoms with E-state index >= 15 is 0 Å². The predicted molar refractivity (Wildman–Crippen MR) is 84.5 cm³/mol. The van der Waals surface area contributed by atoms with E-state index in [4.69, 9.17) is 4.42 Å². The Hall–Kier alpha value is -1.13. The summed E-state index contributed by atoms with van der Waals surface area (Å²) in [6, 6.07) is 2.44. The third-order valence-corrected chi connectivity index (χ3v) is 4.64. The van der Waals surface area contributed by atoms with Crippen molar-refractivity contribution in [1.82, 2.24) is 10.3 Å². The molecule has 0 aliphatic rings. The molecular formula is C16H24N2OS. The molecular weight excluding hydrogens is 268 g/mol. The Bertz CT molecular complexity index is 552. The fourth-order valence-corrected chi connectivity index (χ4v) is 3.39. The maximum absolute atomic E-state index is 5.69. The summed E-state index contributed by atoms with van der Waals surface area (Å²) in [4.78, 5) is 5.98. The Labute approximate surface area is 125 Å². The Balaban J connectivity index is 2.21. The Kier molecular flexibility index (Phi) is 5.00. The lowest BCUT2D eigenvalue weighted by Gasteiger charge is -2.16. The van der Waals surface area contributed by atoms with Crippen LogP contribution >= 0.6 is 11.3 Å². The molecule has 3 nitrogen and oxygen atoms in total. The van der Waals surface area contributed by atoms with Crippen LogP contribution < -0.4 is 5.32 Å². The van der Waals surface area contributed by atoms with Crippen molar-refractivity contribution in [3.63, 3.8) is 0 Å². The summed E-state index contributed by atoms with van der Waals surface area (Å²) in [7, 11) is 0. The molecule has 110 valence electrons. The molecule has 2 rings (SSSR count). The molecule has 0 saturated carbocycles. The minimum Gasteiger partial charge on any atom is -0.466 e. The first-order chi connectivity index (χ1) is 9.51. The van der Waals surface area contributed by atoms with E-state index in [-0.39, 0.29) is 6.04 Å². The standard InChI is InChI=1S/C16H24N2OS/c1-6-7-17-15(14-8-10(2)19-12(14)4)9-16-18-11(3)13(5)20-16/h8,15,17H,6-7,9H2,1-5H3. The van der Waals surface area contributed by atoms with Crippen molar-refractivity contribution in [2.45, 2.75) is 53.5 Å². The number of aryl methyl sites for hydroxylation is 4. The van der Waals surface area contributed by atoms with Crippen LogP contribution in [0.25, 0.3) is 0 Å². The highest BCUT2D eigenvalue weighted by atomic mass is 32.1. The zero-order chi connectivity index (χ0) is 14.7.